The third-order valence-electron chi connectivity index (χ3n) is 3.06. The quantitative estimate of drug-likeness (QED) is 0.870. The average molecular weight is 226 g/mol. The highest BCUT2D eigenvalue weighted by Crippen LogP contribution is 2.23. The summed E-state index contributed by atoms with van der Waals surface area (Å²) in [5.41, 5.74) is 4.87. The van der Waals surface area contributed by atoms with Crippen LogP contribution in [0.2, 0.25) is 0 Å². The molecule has 0 bridgehead atoms. The maximum absolute atomic E-state index is 4.35. The molecule has 2 aromatic rings. The van der Waals surface area contributed by atoms with Gasteiger partial charge in [-0.3, -0.25) is 4.98 Å². The molecule has 0 saturated heterocycles. The summed E-state index contributed by atoms with van der Waals surface area (Å²) < 4.78 is 0. The Morgan fingerprint density at radius 3 is 2.35 bits per heavy atom. The second kappa shape index (κ2) is 5.11. The van der Waals surface area contributed by atoms with Gasteiger partial charge in [0, 0.05) is 11.9 Å². The lowest BCUT2D eigenvalue weighted by molar-refractivity contribution is 0.683. The normalized spacial score (nSPS) is 12.4. The number of rotatable bonds is 3. The summed E-state index contributed by atoms with van der Waals surface area (Å²) in [5.74, 6) is 0. The summed E-state index contributed by atoms with van der Waals surface area (Å²) in [7, 11) is 1.98. The van der Waals surface area contributed by atoms with Gasteiger partial charge in [0.25, 0.3) is 0 Å². The van der Waals surface area contributed by atoms with Gasteiger partial charge in [0.05, 0.1) is 6.04 Å². The van der Waals surface area contributed by atoms with Crippen molar-refractivity contribution in [2.45, 2.75) is 19.9 Å². The van der Waals surface area contributed by atoms with Crippen molar-refractivity contribution in [1.82, 2.24) is 10.3 Å². The van der Waals surface area contributed by atoms with E-state index >= 15 is 0 Å². The van der Waals surface area contributed by atoms with Crippen LogP contribution in [0, 0.1) is 13.8 Å². The Balaban J connectivity index is 2.40. The lowest BCUT2D eigenvalue weighted by atomic mass is 9.97. The highest BCUT2D eigenvalue weighted by atomic mass is 14.9. The van der Waals surface area contributed by atoms with E-state index in [0.717, 1.165) is 5.69 Å². The van der Waals surface area contributed by atoms with E-state index in [9.17, 15) is 0 Å². The zero-order valence-corrected chi connectivity index (χ0v) is 10.6. The first-order valence-corrected chi connectivity index (χ1v) is 5.87. The van der Waals surface area contributed by atoms with Gasteiger partial charge in [-0.2, -0.15) is 0 Å². The molecule has 0 saturated carbocycles. The fourth-order valence-electron chi connectivity index (χ4n) is 2.06. The average Bonchev–Trinajstić information content (AvgIpc) is 2.35. The summed E-state index contributed by atoms with van der Waals surface area (Å²) in [5, 5.41) is 3.35. The summed E-state index contributed by atoms with van der Waals surface area (Å²) in [6, 6.07) is 13.0. The van der Waals surface area contributed by atoms with Crippen molar-refractivity contribution in [3.8, 4) is 0 Å². The third-order valence-corrected chi connectivity index (χ3v) is 3.06. The Morgan fingerprint density at radius 2 is 1.76 bits per heavy atom. The summed E-state index contributed by atoms with van der Waals surface area (Å²) in [6.07, 6.45) is 1.83. The molecule has 0 amide bonds. The lowest BCUT2D eigenvalue weighted by Crippen LogP contribution is -2.19. The van der Waals surface area contributed by atoms with Gasteiger partial charge in [0.15, 0.2) is 0 Å². The minimum atomic E-state index is 0.212. The number of nitrogens with zero attached hydrogens (tertiary/aromatic N) is 1. The third kappa shape index (κ3) is 2.53. The summed E-state index contributed by atoms with van der Waals surface area (Å²) >= 11 is 0. The van der Waals surface area contributed by atoms with Gasteiger partial charge >= 0.3 is 0 Å². The van der Waals surface area contributed by atoms with Gasteiger partial charge in [-0.1, -0.05) is 35.9 Å². The zero-order valence-electron chi connectivity index (χ0n) is 10.6. The van der Waals surface area contributed by atoms with Crippen LogP contribution in [0.25, 0.3) is 0 Å². The van der Waals surface area contributed by atoms with E-state index in [1.54, 1.807) is 0 Å². The van der Waals surface area contributed by atoms with E-state index in [1.165, 1.54) is 16.7 Å². The minimum absolute atomic E-state index is 0.212. The molecular weight excluding hydrogens is 208 g/mol. The maximum atomic E-state index is 4.35. The van der Waals surface area contributed by atoms with Crippen LogP contribution in [-0.2, 0) is 0 Å². The molecule has 1 aromatic carbocycles. The standard InChI is InChI=1S/C15H18N2/c1-11-6-8-13(9-7-11)15(16-3)14-5-4-10-17-12(14)2/h4-10,15-16H,1-3H3. The highest BCUT2D eigenvalue weighted by molar-refractivity contribution is 5.34. The van der Waals surface area contributed by atoms with Crippen LogP contribution < -0.4 is 5.32 Å². The van der Waals surface area contributed by atoms with Gasteiger partial charge in [-0.05, 0) is 38.1 Å². The molecule has 1 heterocycles. The second-order valence-electron chi connectivity index (χ2n) is 4.31. The molecule has 1 aromatic heterocycles. The molecule has 0 aliphatic carbocycles. The number of nitrogens with one attached hydrogen (secondary N) is 1. The van der Waals surface area contributed by atoms with Crippen molar-refractivity contribution in [3.63, 3.8) is 0 Å². The first kappa shape index (κ1) is 11.8. The number of hydrogen-bond donors (Lipinski definition) is 1. The molecule has 0 aliphatic rings. The van der Waals surface area contributed by atoms with Crippen LogP contribution in [0.15, 0.2) is 42.6 Å². The van der Waals surface area contributed by atoms with Crippen molar-refractivity contribution in [3.05, 3.63) is 65.0 Å². The van der Waals surface area contributed by atoms with Crippen LogP contribution in [0.4, 0.5) is 0 Å². The molecule has 2 nitrogen and oxygen atoms in total. The van der Waals surface area contributed by atoms with E-state index in [4.69, 9.17) is 0 Å². The zero-order chi connectivity index (χ0) is 12.3. The first-order valence-electron chi connectivity index (χ1n) is 5.87. The molecule has 1 atom stereocenters. The SMILES string of the molecule is CNC(c1ccc(C)cc1)c1cccnc1C. The van der Waals surface area contributed by atoms with Crippen molar-refractivity contribution < 1.29 is 0 Å². The fraction of sp³-hybridized carbons (Fsp3) is 0.267. The maximum Gasteiger partial charge on any atom is 0.0592 e. The highest BCUT2D eigenvalue weighted by Gasteiger charge is 2.13. The minimum Gasteiger partial charge on any atom is -0.309 e. The Hall–Kier alpha value is -1.67. The Bertz CT molecular complexity index is 489. The largest absolute Gasteiger partial charge is 0.309 e. The molecule has 1 unspecified atom stereocenters. The molecular formula is C15H18N2. The summed E-state index contributed by atoms with van der Waals surface area (Å²) in [4.78, 5) is 4.35. The van der Waals surface area contributed by atoms with Gasteiger partial charge < -0.3 is 5.32 Å². The molecule has 17 heavy (non-hydrogen) atoms. The van der Waals surface area contributed by atoms with E-state index in [-0.39, 0.29) is 6.04 Å². The van der Waals surface area contributed by atoms with Gasteiger partial charge in [0.2, 0.25) is 0 Å². The smallest absolute Gasteiger partial charge is 0.0592 e. The number of hydrogen-bond acceptors (Lipinski definition) is 2. The van der Waals surface area contributed by atoms with E-state index in [1.807, 2.05) is 26.2 Å². The van der Waals surface area contributed by atoms with Crippen molar-refractivity contribution in [1.29, 1.82) is 0 Å². The van der Waals surface area contributed by atoms with Gasteiger partial charge in [0.1, 0.15) is 0 Å². The molecule has 0 radical (unpaired) electrons. The lowest BCUT2D eigenvalue weighted by Gasteiger charge is -2.18. The first-order chi connectivity index (χ1) is 8.22. The monoisotopic (exact) mass is 226 g/mol. The van der Waals surface area contributed by atoms with Crippen LogP contribution in [0.3, 0.4) is 0 Å². The van der Waals surface area contributed by atoms with Crippen LogP contribution in [0.5, 0.6) is 0 Å². The fourth-order valence-corrected chi connectivity index (χ4v) is 2.06. The van der Waals surface area contributed by atoms with Crippen LogP contribution in [0.1, 0.15) is 28.4 Å². The molecule has 1 N–H and O–H groups in total. The molecule has 88 valence electrons. The number of aryl methyl sites for hydroxylation is 2. The predicted molar refractivity (Wildman–Crippen MR) is 71.1 cm³/mol. The van der Waals surface area contributed by atoms with Crippen molar-refractivity contribution >= 4 is 0 Å². The summed E-state index contributed by atoms with van der Waals surface area (Å²) in [6.45, 7) is 4.15. The van der Waals surface area contributed by atoms with Gasteiger partial charge in [-0.25, -0.2) is 0 Å². The van der Waals surface area contributed by atoms with E-state index in [0.29, 0.717) is 0 Å². The molecule has 0 aliphatic heterocycles. The van der Waals surface area contributed by atoms with Crippen molar-refractivity contribution in [2.75, 3.05) is 7.05 Å². The topological polar surface area (TPSA) is 24.9 Å². The number of benzene rings is 1. The Morgan fingerprint density at radius 1 is 1.06 bits per heavy atom. The van der Waals surface area contributed by atoms with Gasteiger partial charge in [-0.15, -0.1) is 0 Å². The molecule has 0 spiro atoms. The van der Waals surface area contributed by atoms with Crippen molar-refractivity contribution in [2.24, 2.45) is 0 Å². The number of aromatic nitrogens is 1. The Kier molecular flexibility index (Phi) is 3.55. The predicted octanol–water partition coefficient (Wildman–Crippen LogP) is 3.01. The molecule has 2 rings (SSSR count). The van der Waals surface area contributed by atoms with Crippen LogP contribution >= 0.6 is 0 Å². The van der Waals surface area contributed by atoms with E-state index in [2.05, 4.69) is 47.6 Å². The molecule has 2 heteroatoms. The number of pyridine rings is 1. The molecule has 0 fully saturated rings. The van der Waals surface area contributed by atoms with E-state index < -0.39 is 0 Å². The van der Waals surface area contributed by atoms with Crippen LogP contribution in [-0.4, -0.2) is 12.0 Å². The Labute approximate surface area is 103 Å². The second-order valence-corrected chi connectivity index (χ2v) is 4.31.